The first-order valence-corrected chi connectivity index (χ1v) is 7.60. The van der Waals surface area contributed by atoms with Gasteiger partial charge in [-0.15, -0.1) is 0 Å². The molecule has 106 valence electrons. The molecule has 2 rings (SSSR count). The third-order valence-electron chi connectivity index (χ3n) is 2.96. The van der Waals surface area contributed by atoms with Crippen molar-refractivity contribution < 1.29 is 18.3 Å². The third kappa shape index (κ3) is 3.34. The maximum absolute atomic E-state index is 12.3. The fourth-order valence-corrected chi connectivity index (χ4v) is 3.31. The van der Waals surface area contributed by atoms with E-state index in [-0.39, 0.29) is 4.90 Å². The lowest BCUT2D eigenvalue weighted by molar-refractivity contribution is -0.131. The molecular formula is C14H15NO4S. The summed E-state index contributed by atoms with van der Waals surface area (Å²) in [6.45, 7) is 0.877. The maximum atomic E-state index is 12.3. The quantitative estimate of drug-likeness (QED) is 0.677. The Balaban J connectivity index is 2.20. The summed E-state index contributed by atoms with van der Waals surface area (Å²) in [5, 5.41) is 8.53. The van der Waals surface area contributed by atoms with E-state index in [1.165, 1.54) is 22.5 Å². The van der Waals surface area contributed by atoms with Crippen molar-refractivity contribution >= 4 is 22.1 Å². The zero-order valence-corrected chi connectivity index (χ0v) is 11.6. The van der Waals surface area contributed by atoms with Gasteiger partial charge in [0.1, 0.15) is 0 Å². The predicted octanol–water partition coefficient (Wildman–Crippen LogP) is 1.74. The van der Waals surface area contributed by atoms with Gasteiger partial charge in [0, 0.05) is 19.2 Å². The topological polar surface area (TPSA) is 74.7 Å². The average Bonchev–Trinajstić information content (AvgIpc) is 2.46. The van der Waals surface area contributed by atoms with Crippen molar-refractivity contribution in [3.63, 3.8) is 0 Å². The van der Waals surface area contributed by atoms with Gasteiger partial charge in [-0.05, 0) is 30.2 Å². The van der Waals surface area contributed by atoms with E-state index in [1.807, 2.05) is 12.2 Å². The summed E-state index contributed by atoms with van der Waals surface area (Å²) < 4.78 is 26.1. The molecule has 0 unspecified atom stereocenters. The molecule has 1 aliphatic rings. The number of aliphatic carboxylic acids is 1. The number of hydrogen-bond acceptors (Lipinski definition) is 3. The minimum Gasteiger partial charge on any atom is -0.478 e. The molecule has 6 heteroatoms. The largest absolute Gasteiger partial charge is 0.478 e. The Morgan fingerprint density at radius 3 is 2.45 bits per heavy atom. The van der Waals surface area contributed by atoms with Crippen molar-refractivity contribution in [2.45, 2.75) is 11.3 Å². The Morgan fingerprint density at radius 2 is 1.90 bits per heavy atom. The first-order chi connectivity index (χ1) is 9.50. The molecule has 1 aliphatic heterocycles. The molecule has 0 saturated heterocycles. The second-order valence-corrected chi connectivity index (χ2v) is 6.30. The van der Waals surface area contributed by atoms with E-state index in [4.69, 9.17) is 5.11 Å². The van der Waals surface area contributed by atoms with Gasteiger partial charge in [0.25, 0.3) is 0 Å². The molecule has 0 aliphatic carbocycles. The lowest BCUT2D eigenvalue weighted by atomic mass is 10.2. The van der Waals surface area contributed by atoms with E-state index in [9.17, 15) is 13.2 Å². The summed E-state index contributed by atoms with van der Waals surface area (Å²) in [5.74, 6) is -1.04. The number of carboxylic acid groups (broad SMARTS) is 1. The van der Waals surface area contributed by atoms with Crippen LogP contribution in [0.25, 0.3) is 6.08 Å². The first-order valence-electron chi connectivity index (χ1n) is 6.16. The van der Waals surface area contributed by atoms with E-state index in [2.05, 4.69) is 0 Å². The standard InChI is InChI=1S/C14H15NO4S/c16-14(17)9-6-12-4-7-13(8-5-12)20(18,19)15-10-2-1-3-11-15/h1-2,4-9H,3,10-11H2,(H,16,17)/b9-6+. The SMILES string of the molecule is O=C(O)/C=C/c1ccc(S(=O)(=O)N2CC=CCC2)cc1. The van der Waals surface area contributed by atoms with Crippen LogP contribution < -0.4 is 0 Å². The van der Waals surface area contributed by atoms with Gasteiger partial charge in [0.15, 0.2) is 0 Å². The summed E-state index contributed by atoms with van der Waals surface area (Å²) >= 11 is 0. The number of rotatable bonds is 4. The van der Waals surface area contributed by atoms with Crippen LogP contribution in [0.5, 0.6) is 0 Å². The van der Waals surface area contributed by atoms with Crippen molar-refractivity contribution in [1.82, 2.24) is 4.31 Å². The highest BCUT2D eigenvalue weighted by Gasteiger charge is 2.23. The summed E-state index contributed by atoms with van der Waals surface area (Å²) in [6.07, 6.45) is 6.96. The average molecular weight is 293 g/mol. The number of carbonyl (C=O) groups is 1. The molecule has 0 spiro atoms. The Morgan fingerprint density at radius 1 is 1.20 bits per heavy atom. The maximum Gasteiger partial charge on any atom is 0.328 e. The molecule has 0 amide bonds. The second kappa shape index (κ2) is 6.02. The lowest BCUT2D eigenvalue weighted by Crippen LogP contribution is -2.33. The smallest absolute Gasteiger partial charge is 0.328 e. The molecule has 0 aromatic heterocycles. The number of sulfonamides is 1. The van der Waals surface area contributed by atoms with Crippen LogP contribution in [0.3, 0.4) is 0 Å². The molecule has 1 aromatic rings. The van der Waals surface area contributed by atoms with E-state index in [0.717, 1.165) is 12.5 Å². The van der Waals surface area contributed by atoms with Crippen LogP contribution in [0.1, 0.15) is 12.0 Å². The Bertz CT molecular complexity index is 644. The Labute approximate surface area is 117 Å². The van der Waals surface area contributed by atoms with E-state index < -0.39 is 16.0 Å². The van der Waals surface area contributed by atoms with Crippen LogP contribution in [0.15, 0.2) is 47.4 Å². The number of benzene rings is 1. The van der Waals surface area contributed by atoms with Gasteiger partial charge in [0.05, 0.1) is 4.90 Å². The van der Waals surface area contributed by atoms with Crippen molar-refractivity contribution in [3.8, 4) is 0 Å². The monoisotopic (exact) mass is 293 g/mol. The van der Waals surface area contributed by atoms with Gasteiger partial charge in [0.2, 0.25) is 10.0 Å². The van der Waals surface area contributed by atoms with Crippen molar-refractivity contribution in [2.24, 2.45) is 0 Å². The van der Waals surface area contributed by atoms with Crippen LogP contribution in [-0.2, 0) is 14.8 Å². The minimum atomic E-state index is -3.47. The van der Waals surface area contributed by atoms with Crippen LogP contribution >= 0.6 is 0 Å². The number of hydrogen-bond donors (Lipinski definition) is 1. The van der Waals surface area contributed by atoms with Gasteiger partial charge >= 0.3 is 5.97 Å². The highest BCUT2D eigenvalue weighted by atomic mass is 32.2. The van der Waals surface area contributed by atoms with Crippen LogP contribution in [0, 0.1) is 0 Å². The van der Waals surface area contributed by atoms with E-state index >= 15 is 0 Å². The molecule has 0 bridgehead atoms. The highest BCUT2D eigenvalue weighted by molar-refractivity contribution is 7.89. The van der Waals surface area contributed by atoms with Crippen molar-refractivity contribution in [2.75, 3.05) is 13.1 Å². The van der Waals surface area contributed by atoms with E-state index in [1.54, 1.807) is 12.1 Å². The third-order valence-corrected chi connectivity index (χ3v) is 4.84. The van der Waals surface area contributed by atoms with Gasteiger partial charge in [-0.3, -0.25) is 0 Å². The molecule has 0 atom stereocenters. The molecule has 20 heavy (non-hydrogen) atoms. The molecule has 1 heterocycles. The normalized spacial score (nSPS) is 16.6. The van der Waals surface area contributed by atoms with Gasteiger partial charge in [-0.1, -0.05) is 24.3 Å². The number of carboxylic acids is 1. The zero-order chi connectivity index (χ0) is 14.6. The lowest BCUT2D eigenvalue weighted by Gasteiger charge is -2.22. The van der Waals surface area contributed by atoms with Crippen molar-refractivity contribution in [1.29, 1.82) is 0 Å². The summed E-state index contributed by atoms with van der Waals surface area (Å²) in [4.78, 5) is 10.6. The van der Waals surface area contributed by atoms with Crippen LogP contribution in [0.4, 0.5) is 0 Å². The zero-order valence-electron chi connectivity index (χ0n) is 10.8. The molecule has 1 aromatic carbocycles. The van der Waals surface area contributed by atoms with Gasteiger partial charge in [-0.2, -0.15) is 4.31 Å². The highest BCUT2D eigenvalue weighted by Crippen LogP contribution is 2.19. The fraction of sp³-hybridized carbons (Fsp3) is 0.214. The Kier molecular flexibility index (Phi) is 4.36. The van der Waals surface area contributed by atoms with E-state index in [0.29, 0.717) is 18.7 Å². The summed E-state index contributed by atoms with van der Waals surface area (Å²) in [6, 6.07) is 6.17. The Hall–Kier alpha value is -1.92. The molecule has 0 fully saturated rings. The first kappa shape index (κ1) is 14.5. The molecule has 0 saturated carbocycles. The summed E-state index contributed by atoms with van der Waals surface area (Å²) in [7, 11) is -3.47. The predicted molar refractivity (Wildman–Crippen MR) is 75.6 cm³/mol. The van der Waals surface area contributed by atoms with Gasteiger partial charge in [-0.25, -0.2) is 13.2 Å². The molecule has 0 radical (unpaired) electrons. The molecular weight excluding hydrogens is 278 g/mol. The summed E-state index contributed by atoms with van der Waals surface area (Å²) in [5.41, 5.74) is 0.643. The van der Waals surface area contributed by atoms with Crippen LogP contribution in [0.2, 0.25) is 0 Å². The molecule has 5 nitrogen and oxygen atoms in total. The fourth-order valence-electron chi connectivity index (χ4n) is 1.91. The number of nitrogens with zero attached hydrogens (tertiary/aromatic N) is 1. The van der Waals surface area contributed by atoms with Crippen molar-refractivity contribution in [3.05, 3.63) is 48.1 Å². The van der Waals surface area contributed by atoms with Gasteiger partial charge < -0.3 is 5.11 Å². The molecule has 1 N–H and O–H groups in total. The van der Waals surface area contributed by atoms with Crippen LogP contribution in [-0.4, -0.2) is 36.9 Å². The second-order valence-electron chi connectivity index (χ2n) is 4.36. The minimum absolute atomic E-state index is 0.222.